The number of aromatic nitrogens is 3. The number of benzene rings is 2. The third-order valence-electron chi connectivity index (χ3n) is 6.59. The second-order valence-electron chi connectivity index (χ2n) is 8.67. The quantitative estimate of drug-likeness (QED) is 0.566. The smallest absolute Gasteiger partial charge is 0.128 e. The molecule has 0 bridgehead atoms. The number of β-amino-alcohol motifs (C(OH)–C–C–N with tert-alkyl or cyclic N) is 1. The highest BCUT2D eigenvalue weighted by Crippen LogP contribution is 2.41. The normalized spacial score (nSPS) is 25.4. The Balaban J connectivity index is 1.52. The molecule has 0 amide bonds. The summed E-state index contributed by atoms with van der Waals surface area (Å²) in [6, 6.07) is 9.39. The second kappa shape index (κ2) is 8.23. The average Bonchev–Trinajstić information content (AvgIpc) is 3.51. The largest absolute Gasteiger partial charge is 0.388 e. The van der Waals surface area contributed by atoms with Gasteiger partial charge < -0.3 is 15.7 Å². The Bertz CT molecular complexity index is 1080. The number of hydrogen-bond donors (Lipinski definition) is 3. The number of nitrogens with one attached hydrogen (secondary N) is 2. The van der Waals surface area contributed by atoms with E-state index in [-0.39, 0.29) is 12.0 Å². The third-order valence-corrected chi connectivity index (χ3v) is 6.59. The van der Waals surface area contributed by atoms with E-state index < -0.39 is 17.2 Å². The monoisotopic (exact) mass is 440 g/mol. The maximum absolute atomic E-state index is 14.0. The lowest BCUT2D eigenvalue weighted by atomic mass is 9.79. The Hall–Kier alpha value is -2.88. The molecule has 0 aliphatic carbocycles. The lowest BCUT2D eigenvalue weighted by Gasteiger charge is -2.34. The Kier molecular flexibility index (Phi) is 5.40. The Morgan fingerprint density at radius 3 is 2.62 bits per heavy atom. The molecule has 9 heteroatoms. The molecule has 3 unspecified atom stereocenters. The van der Waals surface area contributed by atoms with Gasteiger partial charge in [0.05, 0.1) is 29.4 Å². The van der Waals surface area contributed by atoms with Crippen LogP contribution in [0.3, 0.4) is 0 Å². The van der Waals surface area contributed by atoms with Crippen LogP contribution in [0.15, 0.2) is 48.8 Å². The molecule has 3 heterocycles. The van der Waals surface area contributed by atoms with E-state index in [2.05, 4.69) is 27.0 Å². The van der Waals surface area contributed by atoms with Crippen molar-refractivity contribution in [2.45, 2.75) is 31.4 Å². The minimum Gasteiger partial charge on any atom is -0.388 e. The van der Waals surface area contributed by atoms with Crippen molar-refractivity contribution in [1.82, 2.24) is 25.7 Å². The number of aryl methyl sites for hydroxylation is 1. The van der Waals surface area contributed by atoms with Gasteiger partial charge in [0, 0.05) is 24.6 Å². The summed E-state index contributed by atoms with van der Waals surface area (Å²) >= 11 is 0. The van der Waals surface area contributed by atoms with Crippen LogP contribution in [0.25, 0.3) is 0 Å². The first kappa shape index (κ1) is 21.0. The number of hydrogen-bond acceptors (Lipinski definition) is 6. The molecule has 0 spiro atoms. The van der Waals surface area contributed by atoms with E-state index in [0.29, 0.717) is 12.2 Å². The molecule has 0 saturated carbocycles. The number of anilines is 2. The molecule has 2 fully saturated rings. The summed E-state index contributed by atoms with van der Waals surface area (Å²) in [5.41, 5.74) is 2.30. The first-order chi connectivity index (χ1) is 15.4. The van der Waals surface area contributed by atoms with E-state index in [0.717, 1.165) is 48.8 Å². The van der Waals surface area contributed by atoms with E-state index in [4.69, 9.17) is 0 Å². The maximum atomic E-state index is 14.0. The van der Waals surface area contributed by atoms with Crippen molar-refractivity contribution in [3.8, 4) is 0 Å². The van der Waals surface area contributed by atoms with Crippen molar-refractivity contribution in [3.63, 3.8) is 0 Å². The first-order valence-corrected chi connectivity index (χ1v) is 10.8. The second-order valence-corrected chi connectivity index (χ2v) is 8.67. The number of aliphatic hydroxyl groups is 1. The van der Waals surface area contributed by atoms with E-state index in [1.807, 2.05) is 19.1 Å². The van der Waals surface area contributed by atoms with Gasteiger partial charge in [-0.1, -0.05) is 12.1 Å². The minimum atomic E-state index is -0.716. The summed E-state index contributed by atoms with van der Waals surface area (Å²) in [7, 11) is 0. The van der Waals surface area contributed by atoms with Gasteiger partial charge >= 0.3 is 0 Å². The molecule has 2 aliphatic heterocycles. The fourth-order valence-corrected chi connectivity index (χ4v) is 5.09. The summed E-state index contributed by atoms with van der Waals surface area (Å²) in [6.07, 6.45) is 4.79. The van der Waals surface area contributed by atoms with Gasteiger partial charge in [0.2, 0.25) is 0 Å². The molecular weight excluding hydrogens is 414 g/mol. The predicted octanol–water partition coefficient (Wildman–Crippen LogP) is 2.84. The fourth-order valence-electron chi connectivity index (χ4n) is 5.09. The van der Waals surface area contributed by atoms with Crippen LogP contribution in [0, 0.1) is 24.5 Å². The van der Waals surface area contributed by atoms with Gasteiger partial charge in [0.15, 0.2) is 0 Å². The predicted molar refractivity (Wildman–Crippen MR) is 116 cm³/mol. The Labute approximate surface area is 185 Å². The van der Waals surface area contributed by atoms with Crippen LogP contribution in [-0.4, -0.2) is 45.4 Å². The number of nitrogens with zero attached hydrogens (tertiary/aromatic N) is 4. The molecule has 3 N–H and O–H groups in total. The van der Waals surface area contributed by atoms with Gasteiger partial charge in [-0.2, -0.15) is 4.79 Å². The van der Waals surface area contributed by atoms with Crippen molar-refractivity contribution in [3.05, 3.63) is 71.6 Å². The van der Waals surface area contributed by atoms with Gasteiger partial charge in [-0.25, -0.2) is 13.8 Å². The van der Waals surface area contributed by atoms with E-state index >= 15 is 0 Å². The van der Waals surface area contributed by atoms with Gasteiger partial charge in [-0.3, -0.25) is 0 Å². The van der Waals surface area contributed by atoms with Crippen molar-refractivity contribution in [1.29, 1.82) is 0 Å². The van der Waals surface area contributed by atoms with Crippen LogP contribution >= 0.6 is 0 Å². The molecule has 2 aliphatic rings. The summed E-state index contributed by atoms with van der Waals surface area (Å²) in [5, 5.41) is 27.5. The zero-order valence-corrected chi connectivity index (χ0v) is 17.8. The summed E-state index contributed by atoms with van der Waals surface area (Å²) < 4.78 is 28.0. The van der Waals surface area contributed by atoms with Crippen molar-refractivity contribution < 1.29 is 13.9 Å². The molecule has 3 aromatic rings. The molecular formula is C23H26F2N6O. The molecule has 3 atom stereocenters. The van der Waals surface area contributed by atoms with Crippen molar-refractivity contribution in [2.75, 3.05) is 24.6 Å². The summed E-state index contributed by atoms with van der Waals surface area (Å²) in [5.74, 6) is -1.22. The van der Waals surface area contributed by atoms with Crippen LogP contribution in [-0.2, 0) is 0 Å². The summed E-state index contributed by atoms with van der Waals surface area (Å²) in [4.78, 5) is 1.44. The zero-order chi connectivity index (χ0) is 22.3. The van der Waals surface area contributed by atoms with Gasteiger partial charge in [0.1, 0.15) is 11.6 Å². The van der Waals surface area contributed by atoms with Crippen LogP contribution < -0.4 is 15.6 Å². The first-order valence-electron chi connectivity index (χ1n) is 10.8. The van der Waals surface area contributed by atoms with Crippen LogP contribution in [0.2, 0.25) is 0 Å². The van der Waals surface area contributed by atoms with Crippen molar-refractivity contribution in [2.24, 2.45) is 5.92 Å². The average molecular weight is 440 g/mol. The Morgan fingerprint density at radius 1 is 1.16 bits per heavy atom. The maximum Gasteiger partial charge on any atom is 0.128 e. The standard InChI is InChI=1S/C23H26F2N6O/c1-15-10-16(22-20(4-6-27-22)23(32)5-7-26-14-23)2-3-21(15)31(30-9-8-28-29-30)19-12-17(24)11-18(25)13-19/h2-3,8-13,20,22,26-27,32H,4-7,14H2,1H3. The van der Waals surface area contributed by atoms with E-state index in [1.54, 1.807) is 11.2 Å². The zero-order valence-electron chi connectivity index (χ0n) is 17.8. The molecule has 7 nitrogen and oxygen atoms in total. The van der Waals surface area contributed by atoms with Gasteiger partial charge in [0.25, 0.3) is 0 Å². The Morgan fingerprint density at radius 2 is 1.97 bits per heavy atom. The molecule has 168 valence electrons. The highest BCUT2D eigenvalue weighted by Gasteiger charge is 2.46. The molecule has 0 radical (unpaired) electrons. The summed E-state index contributed by atoms with van der Waals surface area (Å²) in [6.45, 7) is 4.24. The minimum absolute atomic E-state index is 0.0408. The van der Waals surface area contributed by atoms with Gasteiger partial charge in [-0.05, 0) is 67.4 Å². The number of halogens is 2. The third kappa shape index (κ3) is 3.76. The number of rotatable bonds is 5. The lowest BCUT2D eigenvalue weighted by Crippen LogP contribution is -2.42. The van der Waals surface area contributed by atoms with Crippen LogP contribution in [0.5, 0.6) is 0 Å². The topological polar surface area (TPSA) is 78.2 Å². The SMILES string of the molecule is Cc1cc(C2NCCC2C2(O)CCNC2)ccc1N(c1cc(F)cc(F)c1)n1ccnn1. The highest BCUT2D eigenvalue weighted by atomic mass is 19.1. The van der Waals surface area contributed by atoms with Crippen LogP contribution in [0.1, 0.15) is 30.0 Å². The fraction of sp³-hybridized carbons (Fsp3) is 0.391. The van der Waals surface area contributed by atoms with Gasteiger partial charge in [-0.15, -0.1) is 5.10 Å². The molecule has 2 aromatic carbocycles. The van der Waals surface area contributed by atoms with E-state index in [1.165, 1.54) is 23.1 Å². The van der Waals surface area contributed by atoms with Crippen LogP contribution in [0.4, 0.5) is 20.2 Å². The lowest BCUT2D eigenvalue weighted by molar-refractivity contribution is -0.00515. The molecule has 2 saturated heterocycles. The van der Waals surface area contributed by atoms with Crippen molar-refractivity contribution >= 4 is 11.4 Å². The molecule has 1 aromatic heterocycles. The van der Waals surface area contributed by atoms with E-state index in [9.17, 15) is 13.9 Å². The molecule has 5 rings (SSSR count). The molecule has 32 heavy (non-hydrogen) atoms. The highest BCUT2D eigenvalue weighted by molar-refractivity contribution is 5.66.